The van der Waals surface area contributed by atoms with Crippen molar-refractivity contribution >= 4 is 14.1 Å². The van der Waals surface area contributed by atoms with Gasteiger partial charge in [-0.3, -0.25) is 4.79 Å². The predicted molar refractivity (Wildman–Crippen MR) is 124 cm³/mol. The van der Waals surface area contributed by atoms with E-state index in [9.17, 15) is 4.79 Å². The molecule has 1 saturated heterocycles. The Morgan fingerprint density at radius 3 is 2.10 bits per heavy atom. The van der Waals surface area contributed by atoms with Gasteiger partial charge in [0.1, 0.15) is 5.78 Å². The molecule has 3 fully saturated rings. The van der Waals surface area contributed by atoms with E-state index in [4.69, 9.17) is 13.9 Å². The maximum Gasteiger partial charge on any atom is 0.200 e. The average Bonchev–Trinajstić information content (AvgIpc) is 3.13. The largest absolute Gasteiger partial charge is 0.416 e. The van der Waals surface area contributed by atoms with Crippen molar-refractivity contribution in [3.8, 4) is 0 Å². The van der Waals surface area contributed by atoms with E-state index in [1.54, 1.807) is 0 Å². The predicted octanol–water partition coefficient (Wildman–Crippen LogP) is 6.49. The van der Waals surface area contributed by atoms with Crippen molar-refractivity contribution in [1.82, 2.24) is 0 Å². The number of ether oxygens (including phenoxy) is 2. The van der Waals surface area contributed by atoms with Crippen LogP contribution in [0.1, 0.15) is 93.9 Å². The van der Waals surface area contributed by atoms with Crippen LogP contribution in [0.15, 0.2) is 0 Å². The van der Waals surface area contributed by atoms with Crippen LogP contribution in [-0.4, -0.2) is 39.7 Å². The van der Waals surface area contributed by atoms with Crippen LogP contribution < -0.4 is 0 Å². The third-order valence-electron chi connectivity index (χ3n) is 9.35. The average molecular weight is 439 g/mol. The van der Waals surface area contributed by atoms with Gasteiger partial charge in [0.05, 0.1) is 13.2 Å². The summed E-state index contributed by atoms with van der Waals surface area (Å²) in [6.07, 6.45) is 5.48. The number of ketones is 1. The molecule has 0 amide bonds. The standard InChI is InChI=1S/C25H46O4Si/c1-18(2)30(19(3)4,20(5)6)29-15-14-23(7)21-10-9-12-25(27-16-17-28-25)24(21,8)13-11-22(23)26/h18-21H,9-17H2,1-8H3/t21-,23-,24-/m0/s1. The highest BCUT2D eigenvalue weighted by Gasteiger charge is 2.65. The lowest BCUT2D eigenvalue weighted by atomic mass is 9.48. The van der Waals surface area contributed by atoms with E-state index >= 15 is 0 Å². The van der Waals surface area contributed by atoms with E-state index in [0.717, 1.165) is 32.1 Å². The molecule has 0 aromatic heterocycles. The van der Waals surface area contributed by atoms with Crippen LogP contribution >= 0.6 is 0 Å². The molecule has 2 aliphatic carbocycles. The molecule has 3 rings (SSSR count). The molecule has 0 bridgehead atoms. The number of hydrogen-bond donors (Lipinski definition) is 0. The molecule has 3 aliphatic rings. The van der Waals surface area contributed by atoms with Crippen LogP contribution in [-0.2, 0) is 18.7 Å². The Labute approximate surface area is 185 Å². The molecule has 0 N–H and O–H groups in total. The Kier molecular flexibility index (Phi) is 7.00. The van der Waals surface area contributed by atoms with Gasteiger partial charge in [0, 0.05) is 30.3 Å². The highest BCUT2D eigenvalue weighted by atomic mass is 28.4. The molecule has 30 heavy (non-hydrogen) atoms. The van der Waals surface area contributed by atoms with Gasteiger partial charge in [0.15, 0.2) is 14.1 Å². The zero-order chi connectivity index (χ0) is 22.4. The molecule has 1 heterocycles. The number of carbonyl (C=O) groups excluding carboxylic acids is 1. The molecule has 3 atom stereocenters. The van der Waals surface area contributed by atoms with Crippen molar-refractivity contribution in [1.29, 1.82) is 0 Å². The molecular formula is C25H46O4Si. The molecule has 174 valence electrons. The minimum absolute atomic E-state index is 0.0902. The first-order valence-electron chi connectivity index (χ1n) is 12.4. The Morgan fingerprint density at radius 2 is 1.57 bits per heavy atom. The van der Waals surface area contributed by atoms with Crippen molar-refractivity contribution in [2.45, 2.75) is 116 Å². The third kappa shape index (κ3) is 3.56. The summed E-state index contributed by atoms with van der Waals surface area (Å²) in [5.41, 5.74) is 1.26. The van der Waals surface area contributed by atoms with Gasteiger partial charge in [-0.2, -0.15) is 0 Å². The normalized spacial score (nSPS) is 34.4. The van der Waals surface area contributed by atoms with Gasteiger partial charge >= 0.3 is 0 Å². The molecule has 1 aliphatic heterocycles. The Hall–Kier alpha value is -0.233. The lowest BCUT2D eigenvalue weighted by molar-refractivity contribution is -0.287. The molecule has 4 nitrogen and oxygen atoms in total. The van der Waals surface area contributed by atoms with Gasteiger partial charge in [-0.1, -0.05) is 55.4 Å². The SMILES string of the molecule is CC(C)[Si](OCC[C@]1(C)C(=O)CC[C@@]2(C)[C@H]1CCCC21OCCO1)(C(C)C)C(C)C. The van der Waals surface area contributed by atoms with Crippen molar-refractivity contribution in [2.24, 2.45) is 16.7 Å². The fourth-order valence-corrected chi connectivity index (χ4v) is 13.3. The second-order valence-electron chi connectivity index (χ2n) is 11.6. The van der Waals surface area contributed by atoms with E-state index in [-0.39, 0.29) is 10.8 Å². The van der Waals surface area contributed by atoms with Gasteiger partial charge in [-0.15, -0.1) is 0 Å². The summed E-state index contributed by atoms with van der Waals surface area (Å²) in [4.78, 5) is 13.3. The Bertz CT molecular complexity index is 603. The van der Waals surface area contributed by atoms with Gasteiger partial charge in [0.2, 0.25) is 0 Å². The summed E-state index contributed by atoms with van der Waals surface area (Å²) in [5.74, 6) is 0.245. The van der Waals surface area contributed by atoms with Crippen LogP contribution in [0.5, 0.6) is 0 Å². The molecule has 0 radical (unpaired) electrons. The molecule has 0 aromatic carbocycles. The smallest absolute Gasteiger partial charge is 0.200 e. The van der Waals surface area contributed by atoms with Gasteiger partial charge in [0.25, 0.3) is 0 Å². The lowest BCUT2D eigenvalue weighted by Crippen LogP contribution is -2.62. The van der Waals surface area contributed by atoms with Crippen LogP contribution in [0.3, 0.4) is 0 Å². The number of fused-ring (bicyclic) bond motifs is 2. The van der Waals surface area contributed by atoms with E-state index in [1.165, 1.54) is 0 Å². The van der Waals surface area contributed by atoms with Gasteiger partial charge in [-0.05, 0) is 48.2 Å². The number of carbonyl (C=O) groups is 1. The van der Waals surface area contributed by atoms with Crippen LogP contribution in [0.2, 0.25) is 16.6 Å². The van der Waals surface area contributed by atoms with Crippen molar-refractivity contribution in [3.05, 3.63) is 0 Å². The van der Waals surface area contributed by atoms with E-state index < -0.39 is 14.1 Å². The second-order valence-corrected chi connectivity index (χ2v) is 17.0. The van der Waals surface area contributed by atoms with Crippen LogP contribution in [0.4, 0.5) is 0 Å². The molecular weight excluding hydrogens is 392 g/mol. The highest BCUT2D eigenvalue weighted by Crippen LogP contribution is 2.63. The number of rotatable bonds is 7. The zero-order valence-electron chi connectivity index (χ0n) is 20.8. The summed E-state index contributed by atoms with van der Waals surface area (Å²) in [5, 5.41) is 0. The summed E-state index contributed by atoms with van der Waals surface area (Å²) in [6.45, 7) is 20.6. The fourth-order valence-electron chi connectivity index (χ4n) is 7.83. The monoisotopic (exact) mass is 438 g/mol. The van der Waals surface area contributed by atoms with Crippen molar-refractivity contribution in [2.75, 3.05) is 19.8 Å². The minimum Gasteiger partial charge on any atom is -0.416 e. The lowest BCUT2D eigenvalue weighted by Gasteiger charge is -2.60. The molecule has 0 aromatic rings. The number of Topliss-reactive ketones (excluding diaryl/α,β-unsaturated/α-hetero) is 1. The topological polar surface area (TPSA) is 44.8 Å². The van der Waals surface area contributed by atoms with Crippen LogP contribution in [0.25, 0.3) is 0 Å². The van der Waals surface area contributed by atoms with E-state index in [2.05, 4.69) is 55.4 Å². The first-order valence-corrected chi connectivity index (χ1v) is 14.6. The molecule has 5 heteroatoms. The first-order chi connectivity index (χ1) is 14.0. The summed E-state index contributed by atoms with van der Waals surface area (Å²) in [6, 6.07) is 0. The number of hydrogen-bond acceptors (Lipinski definition) is 4. The molecule has 1 spiro atoms. The fraction of sp³-hybridized carbons (Fsp3) is 0.960. The zero-order valence-corrected chi connectivity index (χ0v) is 21.8. The quantitative estimate of drug-likeness (QED) is 0.426. The Morgan fingerprint density at radius 1 is 1.00 bits per heavy atom. The Balaban J connectivity index is 1.83. The van der Waals surface area contributed by atoms with Crippen molar-refractivity contribution in [3.63, 3.8) is 0 Å². The maximum absolute atomic E-state index is 13.3. The van der Waals surface area contributed by atoms with E-state index in [0.29, 0.717) is 54.6 Å². The summed E-state index contributed by atoms with van der Waals surface area (Å²) in [7, 11) is -1.92. The third-order valence-corrected chi connectivity index (χ3v) is 15.5. The highest BCUT2D eigenvalue weighted by molar-refractivity contribution is 6.77. The van der Waals surface area contributed by atoms with Gasteiger partial charge < -0.3 is 13.9 Å². The first kappa shape index (κ1) is 24.4. The van der Waals surface area contributed by atoms with Crippen molar-refractivity contribution < 1.29 is 18.7 Å². The summed E-state index contributed by atoms with van der Waals surface area (Å²) < 4.78 is 19.4. The maximum atomic E-state index is 13.3. The molecule has 0 unspecified atom stereocenters. The summed E-state index contributed by atoms with van der Waals surface area (Å²) >= 11 is 0. The molecule has 2 saturated carbocycles. The minimum atomic E-state index is -1.92. The van der Waals surface area contributed by atoms with E-state index in [1.807, 2.05) is 0 Å². The van der Waals surface area contributed by atoms with Crippen LogP contribution in [0, 0.1) is 16.7 Å². The second kappa shape index (κ2) is 8.61. The van der Waals surface area contributed by atoms with Gasteiger partial charge in [-0.25, -0.2) is 0 Å².